The fourth-order valence-corrected chi connectivity index (χ4v) is 2.34. The molecule has 0 fully saturated rings. The predicted molar refractivity (Wildman–Crippen MR) is 98.3 cm³/mol. The van der Waals surface area contributed by atoms with Crippen molar-refractivity contribution in [2.75, 3.05) is 10.6 Å². The van der Waals surface area contributed by atoms with Crippen LogP contribution >= 0.6 is 0 Å². The normalized spacial score (nSPS) is 10.2. The lowest BCUT2D eigenvalue weighted by molar-refractivity contribution is 0.101. The van der Waals surface area contributed by atoms with Gasteiger partial charge in [-0.3, -0.25) is 9.59 Å². The van der Waals surface area contributed by atoms with Crippen LogP contribution in [0.5, 0.6) is 0 Å². The van der Waals surface area contributed by atoms with E-state index >= 15 is 0 Å². The second-order valence-corrected chi connectivity index (χ2v) is 5.66. The first kappa shape index (κ1) is 17.3. The van der Waals surface area contributed by atoms with E-state index in [1.54, 1.807) is 36.5 Å². The first-order valence-electron chi connectivity index (χ1n) is 7.92. The topological polar surface area (TPSA) is 71.1 Å². The number of anilines is 3. The molecule has 130 valence electrons. The highest BCUT2D eigenvalue weighted by molar-refractivity contribution is 6.03. The molecule has 0 spiro atoms. The van der Waals surface area contributed by atoms with Crippen LogP contribution in [0.3, 0.4) is 0 Å². The van der Waals surface area contributed by atoms with Crippen molar-refractivity contribution in [1.29, 1.82) is 0 Å². The molecule has 5 nitrogen and oxygen atoms in total. The molecule has 0 saturated heterocycles. The van der Waals surface area contributed by atoms with Gasteiger partial charge in [0.25, 0.3) is 5.91 Å². The molecular formula is C20H16FN3O2. The third kappa shape index (κ3) is 4.30. The van der Waals surface area contributed by atoms with Gasteiger partial charge in [0.1, 0.15) is 11.6 Å². The van der Waals surface area contributed by atoms with E-state index < -0.39 is 11.7 Å². The summed E-state index contributed by atoms with van der Waals surface area (Å²) < 4.78 is 13.2. The zero-order chi connectivity index (χ0) is 18.5. The van der Waals surface area contributed by atoms with Gasteiger partial charge in [0.05, 0.1) is 11.9 Å². The fourth-order valence-electron chi connectivity index (χ4n) is 2.34. The molecule has 1 aromatic heterocycles. The maximum Gasteiger partial charge on any atom is 0.256 e. The number of halogens is 1. The van der Waals surface area contributed by atoms with Gasteiger partial charge in [-0.25, -0.2) is 9.37 Å². The molecule has 1 heterocycles. The minimum Gasteiger partial charge on any atom is -0.354 e. The van der Waals surface area contributed by atoms with Gasteiger partial charge in [-0.15, -0.1) is 0 Å². The van der Waals surface area contributed by atoms with Crippen molar-refractivity contribution in [3.05, 3.63) is 83.8 Å². The summed E-state index contributed by atoms with van der Waals surface area (Å²) in [6, 6.07) is 15.9. The Bertz CT molecular complexity index is 955. The highest BCUT2D eigenvalue weighted by Crippen LogP contribution is 2.19. The SMILES string of the molecule is CC(=O)c1cccc(Nc2ccc(NC(=O)c3cccc(F)c3)nc2)c1. The third-order valence-corrected chi connectivity index (χ3v) is 3.65. The van der Waals surface area contributed by atoms with Crippen LogP contribution in [0.2, 0.25) is 0 Å². The molecule has 0 unspecified atom stereocenters. The number of amides is 1. The summed E-state index contributed by atoms with van der Waals surface area (Å²) in [5, 5.41) is 5.75. The molecule has 0 radical (unpaired) electrons. The van der Waals surface area contributed by atoms with Crippen LogP contribution in [-0.2, 0) is 0 Å². The lowest BCUT2D eigenvalue weighted by Crippen LogP contribution is -2.13. The molecule has 0 saturated carbocycles. The Balaban J connectivity index is 1.68. The Morgan fingerprint density at radius 2 is 1.69 bits per heavy atom. The molecule has 3 rings (SSSR count). The number of ketones is 1. The van der Waals surface area contributed by atoms with Gasteiger partial charge in [0, 0.05) is 16.8 Å². The number of rotatable bonds is 5. The van der Waals surface area contributed by atoms with Gasteiger partial charge < -0.3 is 10.6 Å². The molecule has 1 amide bonds. The van der Waals surface area contributed by atoms with E-state index in [1.165, 1.54) is 25.1 Å². The molecule has 26 heavy (non-hydrogen) atoms. The van der Waals surface area contributed by atoms with Crippen molar-refractivity contribution in [3.8, 4) is 0 Å². The maximum absolute atomic E-state index is 13.2. The van der Waals surface area contributed by atoms with Crippen molar-refractivity contribution in [3.63, 3.8) is 0 Å². The number of nitrogens with zero attached hydrogens (tertiary/aromatic N) is 1. The maximum atomic E-state index is 13.2. The number of Topliss-reactive ketones (excluding diaryl/α,β-unsaturated/α-hetero) is 1. The summed E-state index contributed by atoms with van der Waals surface area (Å²) in [5.74, 6) is -0.575. The Morgan fingerprint density at radius 1 is 0.923 bits per heavy atom. The van der Waals surface area contributed by atoms with E-state index in [0.717, 1.165) is 11.8 Å². The standard InChI is InChI=1S/C20H16FN3O2/c1-13(25)14-4-3-7-17(11-14)23-18-8-9-19(22-12-18)24-20(26)15-5-2-6-16(21)10-15/h2-12,23H,1H3,(H,22,24,26). The average Bonchev–Trinajstić information content (AvgIpc) is 2.63. The van der Waals surface area contributed by atoms with Crippen molar-refractivity contribution >= 4 is 28.9 Å². The Hall–Kier alpha value is -3.54. The van der Waals surface area contributed by atoms with Crippen LogP contribution in [-0.4, -0.2) is 16.7 Å². The van der Waals surface area contributed by atoms with Crippen LogP contribution in [0.4, 0.5) is 21.6 Å². The van der Waals surface area contributed by atoms with Crippen LogP contribution in [0, 0.1) is 5.82 Å². The summed E-state index contributed by atoms with van der Waals surface area (Å²) in [6.07, 6.45) is 1.56. The summed E-state index contributed by atoms with van der Waals surface area (Å²) >= 11 is 0. The van der Waals surface area contributed by atoms with Crippen molar-refractivity contribution in [1.82, 2.24) is 4.98 Å². The van der Waals surface area contributed by atoms with E-state index in [-0.39, 0.29) is 11.3 Å². The number of pyridine rings is 1. The number of hydrogen-bond acceptors (Lipinski definition) is 4. The summed E-state index contributed by atoms with van der Waals surface area (Å²) in [6.45, 7) is 1.51. The molecule has 6 heteroatoms. The Morgan fingerprint density at radius 3 is 2.38 bits per heavy atom. The fraction of sp³-hybridized carbons (Fsp3) is 0.0500. The van der Waals surface area contributed by atoms with Crippen LogP contribution in [0.15, 0.2) is 66.9 Å². The zero-order valence-electron chi connectivity index (χ0n) is 14.0. The van der Waals surface area contributed by atoms with Crippen LogP contribution in [0.25, 0.3) is 0 Å². The van der Waals surface area contributed by atoms with Gasteiger partial charge in [-0.2, -0.15) is 0 Å². The van der Waals surface area contributed by atoms with Gasteiger partial charge >= 0.3 is 0 Å². The third-order valence-electron chi connectivity index (χ3n) is 3.65. The van der Waals surface area contributed by atoms with Crippen molar-refractivity contribution in [2.45, 2.75) is 6.92 Å². The number of carbonyl (C=O) groups is 2. The molecular weight excluding hydrogens is 333 g/mol. The molecule has 0 aliphatic carbocycles. The monoisotopic (exact) mass is 349 g/mol. The first-order valence-corrected chi connectivity index (χ1v) is 7.92. The first-order chi connectivity index (χ1) is 12.5. The second kappa shape index (κ2) is 7.57. The predicted octanol–water partition coefficient (Wildman–Crippen LogP) is 4.42. The van der Waals surface area contributed by atoms with Crippen LogP contribution < -0.4 is 10.6 Å². The molecule has 0 aliphatic rings. The number of aromatic nitrogens is 1. The van der Waals surface area contributed by atoms with Gasteiger partial charge in [0.15, 0.2) is 5.78 Å². The van der Waals surface area contributed by atoms with Crippen LogP contribution in [0.1, 0.15) is 27.6 Å². The molecule has 0 atom stereocenters. The largest absolute Gasteiger partial charge is 0.354 e. The Kier molecular flexibility index (Phi) is 5.03. The number of benzene rings is 2. The minimum atomic E-state index is -0.474. The average molecular weight is 349 g/mol. The van der Waals surface area contributed by atoms with Gasteiger partial charge in [0.2, 0.25) is 0 Å². The Labute approximate surface area is 149 Å². The number of nitrogens with one attached hydrogen (secondary N) is 2. The summed E-state index contributed by atoms with van der Waals surface area (Å²) in [4.78, 5) is 27.7. The van der Waals surface area contributed by atoms with E-state index in [1.807, 2.05) is 6.07 Å². The molecule has 2 aromatic carbocycles. The zero-order valence-corrected chi connectivity index (χ0v) is 14.0. The summed E-state index contributed by atoms with van der Waals surface area (Å²) in [5.41, 5.74) is 2.29. The lowest BCUT2D eigenvalue weighted by Gasteiger charge is -2.09. The molecule has 3 aromatic rings. The highest BCUT2D eigenvalue weighted by Gasteiger charge is 2.08. The number of carbonyl (C=O) groups excluding carboxylic acids is 2. The van der Waals surface area contributed by atoms with E-state index in [0.29, 0.717) is 17.1 Å². The molecule has 2 N–H and O–H groups in total. The van der Waals surface area contributed by atoms with Gasteiger partial charge in [-0.1, -0.05) is 18.2 Å². The minimum absolute atomic E-state index is 0.0119. The quantitative estimate of drug-likeness (QED) is 0.669. The van der Waals surface area contributed by atoms with Gasteiger partial charge in [-0.05, 0) is 49.4 Å². The lowest BCUT2D eigenvalue weighted by atomic mass is 10.1. The summed E-state index contributed by atoms with van der Waals surface area (Å²) in [7, 11) is 0. The van der Waals surface area contributed by atoms with E-state index in [2.05, 4.69) is 15.6 Å². The molecule has 0 bridgehead atoms. The smallest absolute Gasteiger partial charge is 0.256 e. The second-order valence-electron chi connectivity index (χ2n) is 5.66. The molecule has 0 aliphatic heterocycles. The van der Waals surface area contributed by atoms with E-state index in [9.17, 15) is 14.0 Å². The number of hydrogen-bond donors (Lipinski definition) is 2. The van der Waals surface area contributed by atoms with Crippen molar-refractivity contribution in [2.24, 2.45) is 0 Å². The van der Waals surface area contributed by atoms with Crippen molar-refractivity contribution < 1.29 is 14.0 Å². The van der Waals surface area contributed by atoms with E-state index in [4.69, 9.17) is 0 Å². The highest BCUT2D eigenvalue weighted by atomic mass is 19.1.